The Labute approximate surface area is 213 Å². The fourth-order valence-corrected chi connectivity index (χ4v) is 7.22. The van der Waals surface area contributed by atoms with Gasteiger partial charge in [-0.2, -0.15) is 4.31 Å². The van der Waals surface area contributed by atoms with Crippen molar-refractivity contribution in [1.29, 1.82) is 0 Å². The maximum Gasteiger partial charge on any atom is 0.243 e. The Morgan fingerprint density at radius 2 is 1.88 bits per heavy atom. The molecule has 0 aliphatic carbocycles. The van der Waals surface area contributed by atoms with Gasteiger partial charge in [-0.15, -0.1) is 0 Å². The summed E-state index contributed by atoms with van der Waals surface area (Å²) in [7, 11) is -4.20. The van der Waals surface area contributed by atoms with Gasteiger partial charge in [-0.3, -0.25) is 4.79 Å². The first kappa shape index (κ1) is 27.6. The fourth-order valence-electron chi connectivity index (χ4n) is 3.91. The van der Waals surface area contributed by atoms with Crippen LogP contribution in [0.1, 0.15) is 27.2 Å². The van der Waals surface area contributed by atoms with E-state index in [0.717, 1.165) is 34.0 Å². The summed E-state index contributed by atoms with van der Waals surface area (Å²) in [5.41, 5.74) is 0.951. The number of rotatable bonds is 7. The number of morpholine rings is 1. The zero-order valence-electron chi connectivity index (χ0n) is 21.1. The van der Waals surface area contributed by atoms with E-state index < -0.39 is 18.3 Å². The van der Waals surface area contributed by atoms with E-state index in [9.17, 15) is 13.2 Å². The smallest absolute Gasteiger partial charge is 0.243 e. The highest BCUT2D eigenvalue weighted by atomic mass is 79.9. The van der Waals surface area contributed by atoms with Gasteiger partial charge in [0.15, 0.2) is 8.32 Å². The second-order valence-electron chi connectivity index (χ2n) is 10.6. The van der Waals surface area contributed by atoms with Crippen molar-refractivity contribution in [2.75, 3.05) is 57.9 Å². The number of halogens is 1. The molecule has 0 N–H and O–H groups in total. The highest BCUT2D eigenvalue weighted by Crippen LogP contribution is 2.39. The summed E-state index contributed by atoms with van der Waals surface area (Å²) in [4.78, 5) is 16.6. The zero-order valence-corrected chi connectivity index (χ0v) is 24.5. The minimum atomic E-state index is -3.80. The molecule has 2 aliphatic rings. The van der Waals surface area contributed by atoms with Gasteiger partial charge in [0.05, 0.1) is 36.4 Å². The molecule has 0 radical (unpaired) electrons. The minimum absolute atomic E-state index is 0.159. The van der Waals surface area contributed by atoms with E-state index in [1.165, 1.54) is 7.05 Å². The number of sulfonamides is 1. The Morgan fingerprint density at radius 1 is 1.24 bits per heavy atom. The first-order valence-corrected chi connectivity index (χ1v) is 16.9. The van der Waals surface area contributed by atoms with Crippen LogP contribution in [0.3, 0.4) is 0 Å². The standard InChI is InChI=1S/C23H38BrN3O5SSi/c1-23(2,3)34(5,6)32-18-9-10-27(16-18)21-8-7-19(15-20(21)24)33(29,30)25(4)17-22(28)26-11-13-31-14-12-26/h7-8,15,18H,9-14,16-17H2,1-6H3/t18-/m1/s1. The third kappa shape index (κ3) is 6.22. The van der Waals surface area contributed by atoms with Crippen molar-refractivity contribution >= 4 is 45.9 Å². The van der Waals surface area contributed by atoms with Crippen LogP contribution in [-0.4, -0.2) is 90.9 Å². The Morgan fingerprint density at radius 3 is 2.47 bits per heavy atom. The number of carbonyl (C=O) groups excluding carboxylic acids is 1. The van der Waals surface area contributed by atoms with Gasteiger partial charge in [-0.05, 0) is 58.7 Å². The van der Waals surface area contributed by atoms with E-state index in [2.05, 4.69) is 54.7 Å². The molecule has 2 saturated heterocycles. The van der Waals surface area contributed by atoms with Crippen molar-refractivity contribution in [3.63, 3.8) is 0 Å². The highest BCUT2D eigenvalue weighted by Gasteiger charge is 2.40. The lowest BCUT2D eigenvalue weighted by Gasteiger charge is -2.38. The zero-order chi connectivity index (χ0) is 25.3. The topological polar surface area (TPSA) is 79.4 Å². The van der Waals surface area contributed by atoms with Crippen molar-refractivity contribution in [1.82, 2.24) is 9.21 Å². The number of benzene rings is 1. The van der Waals surface area contributed by atoms with E-state index in [4.69, 9.17) is 9.16 Å². The van der Waals surface area contributed by atoms with Gasteiger partial charge in [-0.25, -0.2) is 8.42 Å². The van der Waals surface area contributed by atoms with Gasteiger partial charge in [0, 0.05) is 37.7 Å². The summed E-state index contributed by atoms with van der Waals surface area (Å²) in [5.74, 6) is -0.213. The number of amides is 1. The molecule has 8 nitrogen and oxygen atoms in total. The molecule has 2 fully saturated rings. The first-order chi connectivity index (χ1) is 15.7. The average molecular weight is 577 g/mol. The number of hydrogen-bond donors (Lipinski definition) is 0. The van der Waals surface area contributed by atoms with Gasteiger partial charge in [-0.1, -0.05) is 20.8 Å². The number of likely N-dealkylation sites (N-methyl/N-ethyl adjacent to an activating group) is 1. The number of nitrogens with zero attached hydrogens (tertiary/aromatic N) is 3. The molecule has 3 rings (SSSR count). The molecule has 1 aromatic rings. The molecule has 2 aliphatic heterocycles. The second kappa shape index (κ2) is 10.6. The molecule has 11 heteroatoms. The normalized spacial score (nSPS) is 20.3. The molecule has 1 amide bonds. The monoisotopic (exact) mass is 575 g/mol. The summed E-state index contributed by atoms with van der Waals surface area (Å²) in [6.45, 7) is 14.7. The van der Waals surface area contributed by atoms with Crippen LogP contribution in [-0.2, 0) is 24.0 Å². The lowest BCUT2D eigenvalue weighted by atomic mass is 10.2. The van der Waals surface area contributed by atoms with Crippen molar-refractivity contribution in [2.45, 2.75) is 56.3 Å². The lowest BCUT2D eigenvalue weighted by Crippen LogP contribution is -2.46. The Balaban J connectivity index is 1.66. The molecule has 192 valence electrons. The van der Waals surface area contributed by atoms with E-state index in [1.54, 1.807) is 17.0 Å². The van der Waals surface area contributed by atoms with Gasteiger partial charge in [0.1, 0.15) is 0 Å². The largest absolute Gasteiger partial charge is 0.412 e. The van der Waals surface area contributed by atoms with Crippen LogP contribution in [0.15, 0.2) is 27.6 Å². The Bertz CT molecular complexity index is 993. The Hall–Kier alpha value is -0.983. The molecular formula is C23H38BrN3O5SSi. The number of carbonyl (C=O) groups is 1. The average Bonchev–Trinajstić information content (AvgIpc) is 3.20. The van der Waals surface area contributed by atoms with Crippen molar-refractivity contribution in [3.8, 4) is 0 Å². The van der Waals surface area contributed by atoms with E-state index in [-0.39, 0.29) is 28.5 Å². The van der Waals surface area contributed by atoms with Crippen LogP contribution in [0.25, 0.3) is 0 Å². The molecule has 0 saturated carbocycles. The number of hydrogen-bond acceptors (Lipinski definition) is 6. The molecular weight excluding hydrogens is 538 g/mol. The van der Waals surface area contributed by atoms with Crippen LogP contribution >= 0.6 is 15.9 Å². The lowest BCUT2D eigenvalue weighted by molar-refractivity contribution is -0.135. The fraction of sp³-hybridized carbons (Fsp3) is 0.696. The van der Waals surface area contributed by atoms with Crippen molar-refractivity contribution in [3.05, 3.63) is 22.7 Å². The minimum Gasteiger partial charge on any atom is -0.412 e. The molecule has 0 spiro atoms. The summed E-state index contributed by atoms with van der Waals surface area (Å²) in [6.07, 6.45) is 1.12. The van der Waals surface area contributed by atoms with Crippen LogP contribution in [0.5, 0.6) is 0 Å². The predicted molar refractivity (Wildman–Crippen MR) is 140 cm³/mol. The maximum atomic E-state index is 13.1. The predicted octanol–water partition coefficient (Wildman–Crippen LogP) is 3.53. The summed E-state index contributed by atoms with van der Waals surface area (Å²) >= 11 is 3.58. The summed E-state index contributed by atoms with van der Waals surface area (Å²) in [5, 5.41) is 0.159. The van der Waals surface area contributed by atoms with E-state index in [0.29, 0.717) is 26.3 Å². The van der Waals surface area contributed by atoms with Gasteiger partial charge < -0.3 is 19.0 Å². The van der Waals surface area contributed by atoms with Crippen LogP contribution in [0.4, 0.5) is 5.69 Å². The summed E-state index contributed by atoms with van der Waals surface area (Å²) < 4.78 is 39.9. The van der Waals surface area contributed by atoms with Gasteiger partial charge in [0.25, 0.3) is 0 Å². The first-order valence-electron chi connectivity index (χ1n) is 11.8. The maximum absolute atomic E-state index is 13.1. The Kier molecular flexibility index (Phi) is 8.57. The number of ether oxygens (including phenoxy) is 1. The molecule has 2 heterocycles. The van der Waals surface area contributed by atoms with Crippen molar-refractivity contribution in [2.24, 2.45) is 0 Å². The molecule has 0 unspecified atom stereocenters. The van der Waals surface area contributed by atoms with E-state index in [1.807, 2.05) is 6.07 Å². The van der Waals surface area contributed by atoms with Crippen molar-refractivity contribution < 1.29 is 22.4 Å². The molecule has 0 aromatic heterocycles. The summed E-state index contributed by atoms with van der Waals surface area (Å²) in [6, 6.07) is 5.08. The highest BCUT2D eigenvalue weighted by molar-refractivity contribution is 9.10. The molecule has 0 bridgehead atoms. The van der Waals surface area contributed by atoms with E-state index >= 15 is 0 Å². The quantitative estimate of drug-likeness (QED) is 0.463. The molecule has 1 aromatic carbocycles. The van der Waals surface area contributed by atoms with Crippen LogP contribution in [0.2, 0.25) is 18.1 Å². The van der Waals surface area contributed by atoms with Crippen LogP contribution < -0.4 is 4.90 Å². The van der Waals surface area contributed by atoms with Gasteiger partial charge in [0.2, 0.25) is 15.9 Å². The number of anilines is 1. The molecule has 1 atom stereocenters. The third-order valence-corrected chi connectivity index (χ3v) is 14.1. The van der Waals surface area contributed by atoms with Gasteiger partial charge >= 0.3 is 0 Å². The SMILES string of the molecule is CN(CC(=O)N1CCOCC1)S(=O)(=O)c1ccc(N2CC[C@@H](O[Si](C)(C)C(C)(C)C)C2)c(Br)c1. The second-order valence-corrected chi connectivity index (χ2v) is 18.3. The third-order valence-electron chi connectivity index (χ3n) is 7.10. The molecule has 34 heavy (non-hydrogen) atoms. The van der Waals surface area contributed by atoms with Crippen LogP contribution in [0, 0.1) is 0 Å².